The fraction of sp³-hybridized carbons (Fsp3) is 0.467. The molecule has 0 heterocycles. The normalized spacial score (nSPS) is 15.7. The van der Waals surface area contributed by atoms with Crippen molar-refractivity contribution in [2.24, 2.45) is 5.92 Å². The Labute approximate surface area is 117 Å². The van der Waals surface area contributed by atoms with Gasteiger partial charge >= 0.3 is 5.97 Å². The quantitative estimate of drug-likeness (QED) is 0.887. The van der Waals surface area contributed by atoms with Gasteiger partial charge in [-0.15, -0.1) is 0 Å². The summed E-state index contributed by atoms with van der Waals surface area (Å²) in [5.74, 6) is -0.655. The Hall–Kier alpha value is -2.04. The molecule has 0 radical (unpaired) electrons. The number of benzene rings is 1. The van der Waals surface area contributed by atoms with E-state index in [0.29, 0.717) is 11.4 Å². The lowest BCUT2D eigenvalue weighted by molar-refractivity contribution is -0.120. The average Bonchev–Trinajstić information content (AvgIpc) is 2.47. The first kappa shape index (κ1) is 14.4. The second kappa shape index (κ2) is 6.41. The lowest BCUT2D eigenvalue weighted by Crippen LogP contribution is -2.25. The van der Waals surface area contributed by atoms with Gasteiger partial charge in [0.1, 0.15) is 5.75 Å². The number of nitrogens with one attached hydrogen (secondary N) is 1. The van der Waals surface area contributed by atoms with Gasteiger partial charge in [-0.3, -0.25) is 4.79 Å². The molecule has 1 aromatic carbocycles. The van der Waals surface area contributed by atoms with E-state index in [4.69, 9.17) is 9.84 Å². The predicted molar refractivity (Wildman–Crippen MR) is 75.2 cm³/mol. The van der Waals surface area contributed by atoms with Crippen molar-refractivity contribution >= 4 is 17.6 Å². The van der Waals surface area contributed by atoms with Crippen molar-refractivity contribution in [3.63, 3.8) is 0 Å². The van der Waals surface area contributed by atoms with E-state index in [0.717, 1.165) is 25.7 Å². The maximum atomic E-state index is 12.2. The number of carboxylic acids is 1. The first-order valence-corrected chi connectivity index (χ1v) is 6.84. The van der Waals surface area contributed by atoms with Gasteiger partial charge in [-0.25, -0.2) is 4.79 Å². The highest BCUT2D eigenvalue weighted by Gasteiger charge is 2.22. The van der Waals surface area contributed by atoms with Crippen LogP contribution in [0.4, 0.5) is 5.69 Å². The average molecular weight is 277 g/mol. The molecule has 0 spiro atoms. The van der Waals surface area contributed by atoms with Crippen molar-refractivity contribution in [1.29, 1.82) is 0 Å². The van der Waals surface area contributed by atoms with Gasteiger partial charge in [0.25, 0.3) is 0 Å². The molecule has 20 heavy (non-hydrogen) atoms. The van der Waals surface area contributed by atoms with Gasteiger partial charge in [0.2, 0.25) is 5.91 Å². The van der Waals surface area contributed by atoms with Gasteiger partial charge in [-0.2, -0.15) is 0 Å². The molecule has 0 bridgehead atoms. The molecule has 1 aliphatic rings. The third-order valence-corrected chi connectivity index (χ3v) is 3.69. The van der Waals surface area contributed by atoms with Crippen molar-refractivity contribution in [3.8, 4) is 5.75 Å². The van der Waals surface area contributed by atoms with Crippen LogP contribution in [0.1, 0.15) is 42.5 Å². The number of hydrogen-bond donors (Lipinski definition) is 2. The van der Waals surface area contributed by atoms with Crippen molar-refractivity contribution in [2.75, 3.05) is 12.4 Å². The molecule has 1 amide bonds. The molecule has 2 rings (SSSR count). The number of aromatic carboxylic acids is 1. The van der Waals surface area contributed by atoms with Crippen molar-refractivity contribution < 1.29 is 19.4 Å². The number of rotatable bonds is 4. The third kappa shape index (κ3) is 3.29. The van der Waals surface area contributed by atoms with Crippen LogP contribution >= 0.6 is 0 Å². The lowest BCUT2D eigenvalue weighted by atomic mass is 9.88. The summed E-state index contributed by atoms with van der Waals surface area (Å²) < 4.78 is 5.07. The van der Waals surface area contributed by atoms with Gasteiger partial charge in [0.05, 0.1) is 18.4 Å². The van der Waals surface area contributed by atoms with E-state index in [2.05, 4.69) is 5.32 Å². The Bertz CT molecular complexity index is 507. The molecular weight excluding hydrogens is 258 g/mol. The van der Waals surface area contributed by atoms with Crippen LogP contribution < -0.4 is 10.1 Å². The topological polar surface area (TPSA) is 75.6 Å². The summed E-state index contributed by atoms with van der Waals surface area (Å²) in [6, 6.07) is 4.56. The molecule has 0 saturated heterocycles. The lowest BCUT2D eigenvalue weighted by Gasteiger charge is -2.21. The number of anilines is 1. The highest BCUT2D eigenvalue weighted by atomic mass is 16.5. The fourth-order valence-corrected chi connectivity index (χ4v) is 2.54. The van der Waals surface area contributed by atoms with Gasteiger partial charge in [-0.05, 0) is 25.0 Å². The standard InChI is InChI=1S/C15H19NO4/c1-20-11-7-8-12(15(18)19)13(9-11)16-14(17)10-5-3-2-4-6-10/h7-10H,2-6H2,1H3,(H,16,17)(H,18,19). The minimum Gasteiger partial charge on any atom is -0.497 e. The van der Waals surface area contributed by atoms with Crippen LogP contribution in [0.2, 0.25) is 0 Å². The van der Waals surface area contributed by atoms with E-state index in [1.165, 1.54) is 19.6 Å². The zero-order valence-corrected chi connectivity index (χ0v) is 11.5. The van der Waals surface area contributed by atoms with Crippen LogP contribution in [0.15, 0.2) is 18.2 Å². The molecule has 108 valence electrons. The number of ether oxygens (including phenoxy) is 1. The van der Waals surface area contributed by atoms with Crippen LogP contribution in [0.3, 0.4) is 0 Å². The fourth-order valence-electron chi connectivity index (χ4n) is 2.54. The van der Waals surface area contributed by atoms with Crippen LogP contribution in [0.25, 0.3) is 0 Å². The van der Waals surface area contributed by atoms with Crippen molar-refractivity contribution in [1.82, 2.24) is 0 Å². The van der Waals surface area contributed by atoms with E-state index in [9.17, 15) is 9.59 Å². The number of carbonyl (C=O) groups is 2. The molecule has 1 aromatic rings. The third-order valence-electron chi connectivity index (χ3n) is 3.69. The summed E-state index contributed by atoms with van der Waals surface area (Å²) >= 11 is 0. The Morgan fingerprint density at radius 1 is 1.25 bits per heavy atom. The molecule has 0 aromatic heterocycles. The molecule has 0 atom stereocenters. The number of hydrogen-bond acceptors (Lipinski definition) is 3. The number of carbonyl (C=O) groups excluding carboxylic acids is 1. The summed E-state index contributed by atoms with van der Waals surface area (Å²) in [6.45, 7) is 0. The highest BCUT2D eigenvalue weighted by molar-refractivity contribution is 6.01. The van der Waals surface area contributed by atoms with Gasteiger partial charge < -0.3 is 15.2 Å². The SMILES string of the molecule is COc1ccc(C(=O)O)c(NC(=O)C2CCCCC2)c1. The number of methoxy groups -OCH3 is 1. The van der Waals surface area contributed by atoms with E-state index < -0.39 is 5.97 Å². The zero-order chi connectivity index (χ0) is 14.5. The second-order valence-electron chi connectivity index (χ2n) is 5.04. The maximum absolute atomic E-state index is 12.2. The summed E-state index contributed by atoms with van der Waals surface area (Å²) in [5.41, 5.74) is 0.377. The summed E-state index contributed by atoms with van der Waals surface area (Å²) in [6.07, 6.45) is 5.03. The predicted octanol–water partition coefficient (Wildman–Crippen LogP) is 2.91. The monoisotopic (exact) mass is 277 g/mol. The van der Waals surface area contributed by atoms with E-state index in [1.807, 2.05) is 0 Å². The van der Waals surface area contributed by atoms with Crippen LogP contribution in [0, 0.1) is 5.92 Å². The molecule has 5 heteroatoms. The Kier molecular flexibility index (Phi) is 4.61. The van der Waals surface area contributed by atoms with Gasteiger partial charge in [-0.1, -0.05) is 19.3 Å². The molecule has 5 nitrogen and oxygen atoms in total. The molecule has 0 aliphatic heterocycles. The minimum atomic E-state index is -1.06. The zero-order valence-electron chi connectivity index (χ0n) is 11.5. The molecule has 1 fully saturated rings. The van der Waals surface area contributed by atoms with E-state index in [-0.39, 0.29) is 17.4 Å². The van der Waals surface area contributed by atoms with E-state index >= 15 is 0 Å². The summed E-state index contributed by atoms with van der Waals surface area (Å²) in [7, 11) is 1.50. The number of carboxylic acid groups (broad SMARTS) is 1. The van der Waals surface area contributed by atoms with Crippen LogP contribution in [0.5, 0.6) is 5.75 Å². The van der Waals surface area contributed by atoms with Crippen molar-refractivity contribution in [2.45, 2.75) is 32.1 Å². The molecular formula is C15H19NO4. The molecule has 1 aliphatic carbocycles. The van der Waals surface area contributed by atoms with Crippen LogP contribution in [-0.2, 0) is 4.79 Å². The molecule has 0 unspecified atom stereocenters. The highest BCUT2D eigenvalue weighted by Crippen LogP contribution is 2.27. The summed E-state index contributed by atoms with van der Waals surface area (Å²) in [4.78, 5) is 23.4. The first-order valence-electron chi connectivity index (χ1n) is 6.84. The maximum Gasteiger partial charge on any atom is 0.337 e. The Balaban J connectivity index is 2.17. The number of amides is 1. The van der Waals surface area contributed by atoms with E-state index in [1.54, 1.807) is 12.1 Å². The van der Waals surface area contributed by atoms with Gasteiger partial charge in [0, 0.05) is 12.0 Å². The van der Waals surface area contributed by atoms with Gasteiger partial charge in [0.15, 0.2) is 0 Å². The second-order valence-corrected chi connectivity index (χ2v) is 5.04. The van der Waals surface area contributed by atoms with Crippen molar-refractivity contribution in [3.05, 3.63) is 23.8 Å². The molecule has 1 saturated carbocycles. The minimum absolute atomic E-state index is 0.0170. The summed E-state index contributed by atoms with van der Waals surface area (Å²) in [5, 5.41) is 11.9. The Morgan fingerprint density at radius 3 is 2.55 bits per heavy atom. The first-order chi connectivity index (χ1) is 9.61. The largest absolute Gasteiger partial charge is 0.497 e. The molecule has 2 N–H and O–H groups in total. The Morgan fingerprint density at radius 2 is 1.95 bits per heavy atom. The smallest absolute Gasteiger partial charge is 0.337 e. The van der Waals surface area contributed by atoms with Crippen LogP contribution in [-0.4, -0.2) is 24.1 Å².